The van der Waals surface area contributed by atoms with Crippen LogP contribution in [0.2, 0.25) is 0 Å². The molecule has 19 heavy (non-hydrogen) atoms. The van der Waals surface area contributed by atoms with Crippen LogP contribution in [0.25, 0.3) is 10.9 Å². The van der Waals surface area contributed by atoms with Crippen molar-refractivity contribution in [2.75, 3.05) is 0 Å². The predicted molar refractivity (Wildman–Crippen MR) is 80.3 cm³/mol. The molecule has 1 unspecified atom stereocenters. The van der Waals surface area contributed by atoms with Gasteiger partial charge in [0.15, 0.2) is 0 Å². The third kappa shape index (κ3) is 2.65. The minimum absolute atomic E-state index is 0.437. The highest BCUT2D eigenvalue weighted by Crippen LogP contribution is 2.21. The van der Waals surface area contributed by atoms with Crippen LogP contribution < -0.4 is 0 Å². The van der Waals surface area contributed by atoms with Gasteiger partial charge in [-0.15, -0.1) is 0 Å². The van der Waals surface area contributed by atoms with Crippen LogP contribution in [0.3, 0.4) is 0 Å². The summed E-state index contributed by atoms with van der Waals surface area (Å²) >= 11 is 0. The molecule has 1 heterocycles. The van der Waals surface area contributed by atoms with Crippen LogP contribution in [0.4, 0.5) is 0 Å². The van der Waals surface area contributed by atoms with E-state index < -0.39 is 0 Å². The maximum Gasteiger partial charge on any atom is 0.0705 e. The van der Waals surface area contributed by atoms with E-state index in [1.54, 1.807) is 0 Å². The number of aromatic nitrogens is 1. The monoisotopic (exact) mass is 247 g/mol. The molecule has 94 valence electrons. The fourth-order valence-electron chi connectivity index (χ4n) is 2.43. The van der Waals surface area contributed by atoms with E-state index in [1.807, 2.05) is 6.07 Å². The summed E-state index contributed by atoms with van der Waals surface area (Å²) in [7, 11) is 0. The molecule has 0 bridgehead atoms. The van der Waals surface area contributed by atoms with E-state index in [1.165, 1.54) is 16.6 Å². The molecule has 1 nitrogen and oxygen atoms in total. The first-order valence-electron chi connectivity index (χ1n) is 6.72. The number of benzene rings is 2. The molecule has 0 aliphatic carbocycles. The molecule has 1 aromatic heterocycles. The molecule has 0 N–H and O–H groups in total. The Bertz CT molecular complexity index is 673. The van der Waals surface area contributed by atoms with E-state index in [9.17, 15) is 0 Å². The van der Waals surface area contributed by atoms with E-state index in [4.69, 9.17) is 4.98 Å². The Kier molecular flexibility index (Phi) is 3.28. The van der Waals surface area contributed by atoms with Gasteiger partial charge in [-0.3, -0.25) is 4.98 Å². The number of hydrogen-bond acceptors (Lipinski definition) is 1. The van der Waals surface area contributed by atoms with Gasteiger partial charge in [-0.2, -0.15) is 0 Å². The minimum atomic E-state index is 0.437. The molecular weight excluding hydrogens is 230 g/mol. The van der Waals surface area contributed by atoms with Gasteiger partial charge in [0, 0.05) is 17.0 Å². The summed E-state index contributed by atoms with van der Waals surface area (Å²) in [6, 6.07) is 23.2. The summed E-state index contributed by atoms with van der Waals surface area (Å²) in [5, 5.41) is 1.21. The predicted octanol–water partition coefficient (Wildman–Crippen LogP) is 4.58. The molecule has 0 spiro atoms. The molecule has 0 aliphatic heterocycles. The molecule has 0 fully saturated rings. The van der Waals surface area contributed by atoms with Crippen LogP contribution in [0, 0.1) is 0 Å². The topological polar surface area (TPSA) is 12.9 Å². The molecule has 0 saturated carbocycles. The fourth-order valence-corrected chi connectivity index (χ4v) is 2.43. The Morgan fingerprint density at radius 1 is 0.842 bits per heavy atom. The van der Waals surface area contributed by atoms with Gasteiger partial charge in [-0.05, 0) is 24.1 Å². The largest absolute Gasteiger partial charge is 0.253 e. The second-order valence-corrected chi connectivity index (χ2v) is 5.02. The van der Waals surface area contributed by atoms with E-state index in [2.05, 4.69) is 67.6 Å². The molecule has 0 amide bonds. The smallest absolute Gasteiger partial charge is 0.0705 e. The molecule has 2 aromatic carbocycles. The first-order chi connectivity index (χ1) is 9.33. The first kappa shape index (κ1) is 11.9. The highest BCUT2D eigenvalue weighted by Gasteiger charge is 2.08. The summed E-state index contributed by atoms with van der Waals surface area (Å²) in [6.45, 7) is 2.24. The van der Waals surface area contributed by atoms with Crippen LogP contribution in [-0.4, -0.2) is 4.98 Å². The van der Waals surface area contributed by atoms with E-state index in [-0.39, 0.29) is 0 Å². The van der Waals surface area contributed by atoms with Crippen LogP contribution in [0.5, 0.6) is 0 Å². The lowest BCUT2D eigenvalue weighted by molar-refractivity contribution is 0.735. The van der Waals surface area contributed by atoms with Gasteiger partial charge in [0.1, 0.15) is 0 Å². The van der Waals surface area contributed by atoms with Crippen LogP contribution >= 0.6 is 0 Å². The Hall–Kier alpha value is -2.15. The summed E-state index contributed by atoms with van der Waals surface area (Å²) in [5.41, 5.74) is 3.62. The third-order valence-electron chi connectivity index (χ3n) is 3.51. The molecule has 3 aromatic rings. The highest BCUT2D eigenvalue weighted by atomic mass is 14.7. The zero-order chi connectivity index (χ0) is 13.1. The standard InChI is InChI=1S/C18H17N/c1-14(13-15-7-3-2-4-8-15)17-12-11-16-9-5-6-10-18(16)19-17/h2-12,14H,13H2,1H3. The van der Waals surface area contributed by atoms with E-state index in [0.29, 0.717) is 5.92 Å². The van der Waals surface area contributed by atoms with Crippen molar-refractivity contribution in [3.05, 3.63) is 78.0 Å². The minimum Gasteiger partial charge on any atom is -0.253 e. The Morgan fingerprint density at radius 3 is 2.42 bits per heavy atom. The molecule has 0 radical (unpaired) electrons. The highest BCUT2D eigenvalue weighted by molar-refractivity contribution is 5.78. The lowest BCUT2D eigenvalue weighted by atomic mass is 9.97. The SMILES string of the molecule is CC(Cc1ccccc1)c1ccc2ccccc2n1. The molecule has 1 atom stereocenters. The summed E-state index contributed by atoms with van der Waals surface area (Å²) in [5.74, 6) is 0.437. The normalized spacial score (nSPS) is 12.5. The maximum atomic E-state index is 4.77. The van der Waals surface area contributed by atoms with Crippen molar-refractivity contribution in [1.82, 2.24) is 4.98 Å². The average Bonchev–Trinajstić information content (AvgIpc) is 2.48. The van der Waals surface area contributed by atoms with Gasteiger partial charge in [-0.25, -0.2) is 0 Å². The lowest BCUT2D eigenvalue weighted by Gasteiger charge is -2.11. The fraction of sp³-hybridized carbons (Fsp3) is 0.167. The van der Waals surface area contributed by atoms with Crippen molar-refractivity contribution in [3.8, 4) is 0 Å². The molecule has 3 rings (SSSR count). The van der Waals surface area contributed by atoms with Crippen LogP contribution in [-0.2, 0) is 6.42 Å². The van der Waals surface area contributed by atoms with E-state index in [0.717, 1.165) is 11.9 Å². The van der Waals surface area contributed by atoms with Crippen molar-refractivity contribution in [2.45, 2.75) is 19.3 Å². The van der Waals surface area contributed by atoms with Gasteiger partial charge < -0.3 is 0 Å². The molecule has 0 aliphatic rings. The number of hydrogen-bond donors (Lipinski definition) is 0. The average molecular weight is 247 g/mol. The summed E-state index contributed by atoms with van der Waals surface area (Å²) in [4.78, 5) is 4.77. The number of nitrogens with zero attached hydrogens (tertiary/aromatic N) is 1. The molecular formula is C18H17N. The van der Waals surface area contributed by atoms with Crippen LogP contribution in [0.1, 0.15) is 24.1 Å². The number of rotatable bonds is 3. The Morgan fingerprint density at radius 2 is 1.58 bits per heavy atom. The van der Waals surface area contributed by atoms with Crippen molar-refractivity contribution in [3.63, 3.8) is 0 Å². The molecule has 1 heteroatoms. The molecule has 0 saturated heterocycles. The zero-order valence-electron chi connectivity index (χ0n) is 11.1. The summed E-state index contributed by atoms with van der Waals surface area (Å²) < 4.78 is 0. The number of pyridine rings is 1. The van der Waals surface area contributed by atoms with Gasteiger partial charge in [-0.1, -0.05) is 61.5 Å². The van der Waals surface area contributed by atoms with Crippen molar-refractivity contribution in [1.29, 1.82) is 0 Å². The van der Waals surface area contributed by atoms with E-state index >= 15 is 0 Å². The first-order valence-corrected chi connectivity index (χ1v) is 6.72. The van der Waals surface area contributed by atoms with Crippen molar-refractivity contribution >= 4 is 10.9 Å². The van der Waals surface area contributed by atoms with Crippen molar-refractivity contribution < 1.29 is 0 Å². The van der Waals surface area contributed by atoms with Crippen molar-refractivity contribution in [2.24, 2.45) is 0 Å². The maximum absolute atomic E-state index is 4.77. The van der Waals surface area contributed by atoms with Gasteiger partial charge in [0.05, 0.1) is 5.52 Å². The number of fused-ring (bicyclic) bond motifs is 1. The Balaban J connectivity index is 1.87. The Labute approximate surface area is 113 Å². The zero-order valence-corrected chi connectivity index (χ0v) is 11.1. The quantitative estimate of drug-likeness (QED) is 0.660. The van der Waals surface area contributed by atoms with Crippen LogP contribution in [0.15, 0.2) is 66.7 Å². The second-order valence-electron chi connectivity index (χ2n) is 5.02. The third-order valence-corrected chi connectivity index (χ3v) is 3.51. The number of para-hydroxylation sites is 1. The van der Waals surface area contributed by atoms with Gasteiger partial charge in [0.2, 0.25) is 0 Å². The van der Waals surface area contributed by atoms with Gasteiger partial charge >= 0.3 is 0 Å². The van der Waals surface area contributed by atoms with Gasteiger partial charge in [0.25, 0.3) is 0 Å². The summed E-state index contributed by atoms with van der Waals surface area (Å²) in [6.07, 6.45) is 1.03. The second kappa shape index (κ2) is 5.23. The lowest BCUT2D eigenvalue weighted by Crippen LogP contribution is -2.01.